The van der Waals surface area contributed by atoms with Gasteiger partial charge < -0.3 is 5.11 Å². The van der Waals surface area contributed by atoms with Crippen LogP contribution in [0, 0.1) is 11.8 Å². The number of sulfonamides is 1. The van der Waals surface area contributed by atoms with E-state index in [1.807, 2.05) is 0 Å². The molecule has 2 N–H and O–H groups in total. The van der Waals surface area contributed by atoms with Crippen LogP contribution in [0.25, 0.3) is 0 Å². The largest absolute Gasteiger partial charge is 0.391 e. The van der Waals surface area contributed by atoms with Crippen LogP contribution in [-0.2, 0) is 10.0 Å². The summed E-state index contributed by atoms with van der Waals surface area (Å²) in [7, 11) is -3.13. The molecule has 2 aliphatic rings. The van der Waals surface area contributed by atoms with E-state index in [4.69, 9.17) is 0 Å². The summed E-state index contributed by atoms with van der Waals surface area (Å²) in [6.07, 6.45) is 3.65. The Kier molecular flexibility index (Phi) is 2.81. The molecule has 2 rings (SSSR count). The second-order valence-electron chi connectivity index (χ2n) is 4.48. The van der Waals surface area contributed by atoms with E-state index in [1.54, 1.807) is 0 Å². The molecule has 0 aromatic rings. The Balaban J connectivity index is 1.71. The fourth-order valence-corrected chi connectivity index (χ4v) is 3.01. The van der Waals surface area contributed by atoms with Crippen molar-refractivity contribution < 1.29 is 13.5 Å². The Morgan fingerprint density at radius 3 is 2.43 bits per heavy atom. The third-order valence-electron chi connectivity index (χ3n) is 2.83. The highest BCUT2D eigenvalue weighted by molar-refractivity contribution is 7.89. The number of aliphatic hydroxyl groups excluding tert-OH is 1. The van der Waals surface area contributed by atoms with Crippen LogP contribution < -0.4 is 4.72 Å². The molecule has 4 nitrogen and oxygen atoms in total. The molecule has 0 spiro atoms. The summed E-state index contributed by atoms with van der Waals surface area (Å²) in [6.45, 7) is 0.194. The van der Waals surface area contributed by atoms with Gasteiger partial charge in [-0.1, -0.05) is 0 Å². The van der Waals surface area contributed by atoms with Gasteiger partial charge >= 0.3 is 0 Å². The Bertz CT molecular complexity index is 293. The van der Waals surface area contributed by atoms with Crippen LogP contribution in [0.15, 0.2) is 0 Å². The maximum absolute atomic E-state index is 11.4. The van der Waals surface area contributed by atoms with Crippen LogP contribution in [0.1, 0.15) is 25.7 Å². The molecule has 14 heavy (non-hydrogen) atoms. The van der Waals surface area contributed by atoms with Gasteiger partial charge in [-0.3, -0.25) is 0 Å². The summed E-state index contributed by atoms with van der Waals surface area (Å²) < 4.78 is 25.3. The first-order valence-corrected chi connectivity index (χ1v) is 6.87. The summed E-state index contributed by atoms with van der Waals surface area (Å²) >= 11 is 0. The van der Waals surface area contributed by atoms with E-state index < -0.39 is 16.1 Å². The van der Waals surface area contributed by atoms with E-state index in [0.29, 0.717) is 11.8 Å². The predicted molar refractivity (Wildman–Crippen MR) is 53.2 cm³/mol. The number of rotatable bonds is 6. The smallest absolute Gasteiger partial charge is 0.211 e. The Labute approximate surface area is 84.8 Å². The molecule has 2 saturated carbocycles. The van der Waals surface area contributed by atoms with E-state index in [-0.39, 0.29) is 12.3 Å². The van der Waals surface area contributed by atoms with Crippen molar-refractivity contribution in [3.63, 3.8) is 0 Å². The molecule has 0 radical (unpaired) electrons. The maximum atomic E-state index is 11.4. The minimum absolute atomic E-state index is 0.194. The van der Waals surface area contributed by atoms with Gasteiger partial charge in [-0.05, 0) is 37.5 Å². The molecule has 82 valence electrons. The Morgan fingerprint density at radius 2 is 1.93 bits per heavy atom. The molecule has 2 aliphatic carbocycles. The predicted octanol–water partition coefficient (Wildman–Crippen LogP) is 0.0867. The van der Waals surface area contributed by atoms with Crippen LogP contribution >= 0.6 is 0 Å². The lowest BCUT2D eigenvalue weighted by atomic mass is 10.2. The highest BCUT2D eigenvalue weighted by Crippen LogP contribution is 2.32. The van der Waals surface area contributed by atoms with Gasteiger partial charge in [0.15, 0.2) is 0 Å². The first-order valence-electron chi connectivity index (χ1n) is 5.22. The van der Waals surface area contributed by atoms with Crippen LogP contribution in [0.3, 0.4) is 0 Å². The zero-order valence-corrected chi connectivity index (χ0v) is 8.96. The standard InChI is InChI=1S/C9H17NO3S/c11-9(8-3-4-8)5-10-14(12,13)6-7-1-2-7/h7-11H,1-6H2. The zero-order valence-electron chi connectivity index (χ0n) is 8.15. The summed E-state index contributed by atoms with van der Waals surface area (Å²) in [4.78, 5) is 0. The maximum Gasteiger partial charge on any atom is 0.211 e. The number of hydrogen-bond donors (Lipinski definition) is 2. The first-order chi connectivity index (χ1) is 6.57. The van der Waals surface area contributed by atoms with E-state index in [1.165, 1.54) is 0 Å². The average molecular weight is 219 g/mol. The van der Waals surface area contributed by atoms with Crippen molar-refractivity contribution >= 4 is 10.0 Å². The van der Waals surface area contributed by atoms with Gasteiger partial charge in [-0.15, -0.1) is 0 Å². The summed E-state index contributed by atoms with van der Waals surface area (Å²) in [5, 5.41) is 9.48. The van der Waals surface area contributed by atoms with Crippen LogP contribution in [-0.4, -0.2) is 31.9 Å². The summed E-state index contributed by atoms with van der Waals surface area (Å²) in [6, 6.07) is 0. The van der Waals surface area contributed by atoms with Gasteiger partial charge in [-0.25, -0.2) is 13.1 Å². The molecule has 0 aliphatic heterocycles. The average Bonchev–Trinajstić information content (AvgIpc) is 2.91. The van der Waals surface area contributed by atoms with E-state index in [2.05, 4.69) is 4.72 Å². The number of aliphatic hydroxyl groups is 1. The van der Waals surface area contributed by atoms with E-state index in [9.17, 15) is 13.5 Å². The molecule has 1 atom stereocenters. The van der Waals surface area contributed by atoms with Crippen molar-refractivity contribution in [2.24, 2.45) is 11.8 Å². The van der Waals surface area contributed by atoms with Crippen molar-refractivity contribution in [1.82, 2.24) is 4.72 Å². The molecule has 0 heterocycles. The van der Waals surface area contributed by atoms with E-state index in [0.717, 1.165) is 25.7 Å². The lowest BCUT2D eigenvalue weighted by molar-refractivity contribution is 0.155. The van der Waals surface area contributed by atoms with Gasteiger partial charge in [0.05, 0.1) is 11.9 Å². The molecular formula is C9H17NO3S. The Morgan fingerprint density at radius 1 is 1.29 bits per heavy atom. The molecule has 0 amide bonds. The first kappa shape index (κ1) is 10.4. The topological polar surface area (TPSA) is 66.4 Å². The third-order valence-corrected chi connectivity index (χ3v) is 4.35. The monoisotopic (exact) mass is 219 g/mol. The van der Waals surface area contributed by atoms with Crippen molar-refractivity contribution in [1.29, 1.82) is 0 Å². The summed E-state index contributed by atoms with van der Waals surface area (Å²) in [5.41, 5.74) is 0. The molecule has 5 heteroatoms. The molecule has 0 bridgehead atoms. The minimum Gasteiger partial charge on any atom is -0.391 e. The molecular weight excluding hydrogens is 202 g/mol. The van der Waals surface area contributed by atoms with Gasteiger partial charge in [0.1, 0.15) is 0 Å². The highest BCUT2D eigenvalue weighted by atomic mass is 32.2. The van der Waals surface area contributed by atoms with Crippen molar-refractivity contribution in [2.75, 3.05) is 12.3 Å². The lowest BCUT2D eigenvalue weighted by Crippen LogP contribution is -2.35. The number of nitrogens with one attached hydrogen (secondary N) is 1. The zero-order chi connectivity index (χ0) is 10.2. The molecule has 1 unspecified atom stereocenters. The fourth-order valence-electron chi connectivity index (χ4n) is 1.51. The van der Waals surface area contributed by atoms with E-state index >= 15 is 0 Å². The normalized spacial score (nSPS) is 24.9. The van der Waals surface area contributed by atoms with Crippen LogP contribution in [0.2, 0.25) is 0 Å². The van der Waals surface area contributed by atoms with Gasteiger partial charge in [0.2, 0.25) is 10.0 Å². The molecule has 0 aromatic carbocycles. The molecule has 2 fully saturated rings. The van der Waals surface area contributed by atoms with Crippen molar-refractivity contribution in [3.8, 4) is 0 Å². The lowest BCUT2D eigenvalue weighted by Gasteiger charge is -2.10. The SMILES string of the molecule is O=S(=O)(CC1CC1)NCC(O)C1CC1. The molecule has 0 aromatic heterocycles. The third kappa shape index (κ3) is 3.22. The van der Waals surface area contributed by atoms with Gasteiger partial charge in [-0.2, -0.15) is 0 Å². The van der Waals surface area contributed by atoms with Crippen LogP contribution in [0.5, 0.6) is 0 Å². The van der Waals surface area contributed by atoms with Crippen molar-refractivity contribution in [3.05, 3.63) is 0 Å². The number of hydrogen-bond acceptors (Lipinski definition) is 3. The minimum atomic E-state index is -3.13. The second kappa shape index (κ2) is 3.79. The van der Waals surface area contributed by atoms with Crippen molar-refractivity contribution in [2.45, 2.75) is 31.8 Å². The second-order valence-corrected chi connectivity index (χ2v) is 6.33. The fraction of sp³-hybridized carbons (Fsp3) is 1.00. The Hall–Kier alpha value is -0.130. The quantitative estimate of drug-likeness (QED) is 0.665. The van der Waals surface area contributed by atoms with Gasteiger partial charge in [0, 0.05) is 6.54 Å². The molecule has 0 saturated heterocycles. The van der Waals surface area contributed by atoms with Gasteiger partial charge in [0.25, 0.3) is 0 Å². The highest BCUT2D eigenvalue weighted by Gasteiger charge is 2.32. The summed E-state index contributed by atoms with van der Waals surface area (Å²) in [5.74, 6) is 0.939. The van der Waals surface area contributed by atoms with Crippen LogP contribution in [0.4, 0.5) is 0 Å².